The molecule has 5 heteroatoms. The largest absolute Gasteiger partial charge is 0.338 e. The minimum absolute atomic E-state index is 0.523. The molecule has 23 heavy (non-hydrogen) atoms. The normalized spacial score (nSPS) is 10.9. The summed E-state index contributed by atoms with van der Waals surface area (Å²) in [7, 11) is 0. The molecule has 0 fully saturated rings. The van der Waals surface area contributed by atoms with Crippen molar-refractivity contribution in [1.29, 1.82) is 0 Å². The first-order valence-corrected chi connectivity index (χ1v) is 8.23. The zero-order valence-corrected chi connectivity index (χ0v) is 14.2. The molecule has 0 aliphatic rings. The molecule has 0 saturated heterocycles. The highest BCUT2D eigenvalue weighted by molar-refractivity contribution is 6.42. The van der Waals surface area contributed by atoms with Crippen molar-refractivity contribution in [2.75, 3.05) is 6.54 Å². The first kappa shape index (κ1) is 16.1. The van der Waals surface area contributed by atoms with Crippen LogP contribution in [0.15, 0.2) is 48.7 Å². The minimum Gasteiger partial charge on any atom is -0.338 e. The quantitative estimate of drug-likeness (QED) is 0.670. The molecule has 0 radical (unpaired) electrons. The Hall–Kier alpha value is -1.81. The molecule has 3 aromatic rings. The predicted octanol–water partition coefficient (Wildman–Crippen LogP) is 5.16. The summed E-state index contributed by atoms with van der Waals surface area (Å²) in [4.78, 5) is 7.80. The van der Waals surface area contributed by atoms with Gasteiger partial charge in [-0.3, -0.25) is 0 Å². The lowest BCUT2D eigenvalue weighted by molar-refractivity contribution is 0.727. The fourth-order valence-corrected chi connectivity index (χ4v) is 2.67. The summed E-state index contributed by atoms with van der Waals surface area (Å²) < 4.78 is 0. The number of benzene rings is 2. The van der Waals surface area contributed by atoms with Gasteiger partial charge in [0.05, 0.1) is 21.9 Å². The van der Waals surface area contributed by atoms with E-state index in [1.807, 2.05) is 18.3 Å². The SMILES string of the molecule is CCNCc1cccc(-c2cnc(-c3ccc(Cl)c(Cl)c3)[nH]2)c1. The highest BCUT2D eigenvalue weighted by atomic mass is 35.5. The molecule has 0 amide bonds. The van der Waals surface area contributed by atoms with Crippen LogP contribution in [0.5, 0.6) is 0 Å². The number of imidazole rings is 1. The van der Waals surface area contributed by atoms with Crippen molar-refractivity contribution in [2.45, 2.75) is 13.5 Å². The van der Waals surface area contributed by atoms with Gasteiger partial charge in [0.15, 0.2) is 0 Å². The lowest BCUT2D eigenvalue weighted by atomic mass is 10.1. The third-order valence-corrected chi connectivity index (χ3v) is 4.32. The van der Waals surface area contributed by atoms with Crippen molar-refractivity contribution in [2.24, 2.45) is 0 Å². The Bertz CT molecular complexity index is 812. The summed E-state index contributed by atoms with van der Waals surface area (Å²) in [5, 5.41) is 4.40. The van der Waals surface area contributed by atoms with Gasteiger partial charge in [-0.2, -0.15) is 0 Å². The molecular formula is C18H17Cl2N3. The van der Waals surface area contributed by atoms with E-state index in [9.17, 15) is 0 Å². The van der Waals surface area contributed by atoms with E-state index in [-0.39, 0.29) is 0 Å². The molecule has 3 rings (SSSR count). The van der Waals surface area contributed by atoms with Crippen molar-refractivity contribution >= 4 is 23.2 Å². The zero-order valence-electron chi connectivity index (χ0n) is 12.7. The van der Waals surface area contributed by atoms with Gasteiger partial charge in [-0.15, -0.1) is 0 Å². The number of halogens is 2. The molecular weight excluding hydrogens is 329 g/mol. The van der Waals surface area contributed by atoms with Gasteiger partial charge in [0.25, 0.3) is 0 Å². The number of nitrogens with one attached hydrogen (secondary N) is 2. The molecule has 0 bridgehead atoms. The summed E-state index contributed by atoms with van der Waals surface area (Å²) in [6.45, 7) is 3.91. The van der Waals surface area contributed by atoms with E-state index in [0.29, 0.717) is 10.0 Å². The third kappa shape index (κ3) is 3.75. The smallest absolute Gasteiger partial charge is 0.137 e. The van der Waals surface area contributed by atoms with Crippen molar-refractivity contribution < 1.29 is 0 Å². The zero-order chi connectivity index (χ0) is 16.2. The topological polar surface area (TPSA) is 40.7 Å². The Morgan fingerprint density at radius 3 is 2.70 bits per heavy atom. The van der Waals surface area contributed by atoms with Crippen LogP contribution >= 0.6 is 23.2 Å². The van der Waals surface area contributed by atoms with E-state index in [0.717, 1.165) is 35.7 Å². The van der Waals surface area contributed by atoms with Gasteiger partial charge >= 0.3 is 0 Å². The van der Waals surface area contributed by atoms with Crippen LogP contribution < -0.4 is 5.32 Å². The van der Waals surface area contributed by atoms with Crippen LogP contribution in [0.25, 0.3) is 22.6 Å². The highest BCUT2D eigenvalue weighted by Gasteiger charge is 2.08. The number of nitrogens with zero attached hydrogens (tertiary/aromatic N) is 1. The van der Waals surface area contributed by atoms with Crippen LogP contribution in [0, 0.1) is 0 Å². The van der Waals surface area contributed by atoms with E-state index in [2.05, 4.69) is 46.5 Å². The minimum atomic E-state index is 0.523. The average molecular weight is 346 g/mol. The number of aromatic amines is 1. The molecule has 0 atom stereocenters. The monoisotopic (exact) mass is 345 g/mol. The van der Waals surface area contributed by atoms with E-state index < -0.39 is 0 Å². The molecule has 3 nitrogen and oxygen atoms in total. The molecule has 0 spiro atoms. The molecule has 2 aromatic carbocycles. The number of aromatic nitrogens is 2. The van der Waals surface area contributed by atoms with Gasteiger partial charge in [-0.05, 0) is 41.9 Å². The van der Waals surface area contributed by atoms with E-state index >= 15 is 0 Å². The van der Waals surface area contributed by atoms with Gasteiger partial charge in [0.2, 0.25) is 0 Å². The van der Waals surface area contributed by atoms with Crippen molar-refractivity contribution in [3.63, 3.8) is 0 Å². The first-order chi connectivity index (χ1) is 11.2. The molecule has 1 aromatic heterocycles. The predicted molar refractivity (Wildman–Crippen MR) is 96.9 cm³/mol. The number of hydrogen-bond acceptors (Lipinski definition) is 2. The van der Waals surface area contributed by atoms with Crippen LogP contribution in [0.4, 0.5) is 0 Å². The average Bonchev–Trinajstić information content (AvgIpc) is 3.06. The Morgan fingerprint density at radius 1 is 1.04 bits per heavy atom. The highest BCUT2D eigenvalue weighted by Crippen LogP contribution is 2.28. The van der Waals surface area contributed by atoms with Crippen molar-refractivity contribution in [3.8, 4) is 22.6 Å². The fraction of sp³-hybridized carbons (Fsp3) is 0.167. The Balaban J connectivity index is 1.88. The molecule has 1 heterocycles. The van der Waals surface area contributed by atoms with Crippen molar-refractivity contribution in [1.82, 2.24) is 15.3 Å². The molecule has 0 aliphatic carbocycles. The van der Waals surface area contributed by atoms with Gasteiger partial charge in [0, 0.05) is 12.1 Å². The Labute approximate surface area is 145 Å². The van der Waals surface area contributed by atoms with Gasteiger partial charge in [0.1, 0.15) is 5.82 Å². The van der Waals surface area contributed by atoms with E-state index in [1.165, 1.54) is 5.56 Å². The maximum atomic E-state index is 6.08. The lowest BCUT2D eigenvalue weighted by Crippen LogP contribution is -2.11. The second-order valence-corrected chi connectivity index (χ2v) is 6.07. The van der Waals surface area contributed by atoms with E-state index in [1.54, 1.807) is 6.07 Å². The standard InChI is InChI=1S/C18H17Cl2N3/c1-2-21-10-12-4-3-5-13(8-12)17-11-22-18(23-17)14-6-7-15(19)16(20)9-14/h3-9,11,21H,2,10H2,1H3,(H,22,23). The Kier molecular flexibility index (Phi) is 5.01. The molecule has 118 valence electrons. The van der Waals surface area contributed by atoms with Crippen LogP contribution in [0.3, 0.4) is 0 Å². The maximum absolute atomic E-state index is 6.08. The maximum Gasteiger partial charge on any atom is 0.137 e. The first-order valence-electron chi connectivity index (χ1n) is 7.48. The summed E-state index contributed by atoms with van der Waals surface area (Å²) >= 11 is 12.0. The van der Waals surface area contributed by atoms with Crippen molar-refractivity contribution in [3.05, 3.63) is 64.3 Å². The van der Waals surface area contributed by atoms with E-state index in [4.69, 9.17) is 23.2 Å². The summed E-state index contributed by atoms with van der Waals surface area (Å²) in [6, 6.07) is 13.9. The lowest BCUT2D eigenvalue weighted by Gasteiger charge is -2.04. The summed E-state index contributed by atoms with van der Waals surface area (Å²) in [5.74, 6) is 0.774. The third-order valence-electron chi connectivity index (χ3n) is 3.59. The van der Waals surface area contributed by atoms with Crippen LogP contribution in [0.1, 0.15) is 12.5 Å². The second-order valence-electron chi connectivity index (χ2n) is 5.26. The van der Waals surface area contributed by atoms with Crippen LogP contribution in [-0.4, -0.2) is 16.5 Å². The van der Waals surface area contributed by atoms with Gasteiger partial charge < -0.3 is 10.3 Å². The second kappa shape index (κ2) is 7.18. The summed E-state index contributed by atoms with van der Waals surface area (Å²) in [6.07, 6.45) is 1.84. The number of hydrogen-bond donors (Lipinski definition) is 2. The molecule has 0 saturated carbocycles. The van der Waals surface area contributed by atoms with Gasteiger partial charge in [-0.25, -0.2) is 4.98 Å². The number of H-pyrrole nitrogens is 1. The van der Waals surface area contributed by atoms with Crippen LogP contribution in [0.2, 0.25) is 10.0 Å². The molecule has 0 unspecified atom stereocenters. The molecule has 2 N–H and O–H groups in total. The molecule has 0 aliphatic heterocycles. The summed E-state index contributed by atoms with van der Waals surface area (Å²) in [5.41, 5.74) is 4.24. The fourth-order valence-electron chi connectivity index (χ4n) is 2.38. The van der Waals surface area contributed by atoms with Crippen LogP contribution in [-0.2, 0) is 6.54 Å². The number of rotatable bonds is 5. The Morgan fingerprint density at radius 2 is 1.91 bits per heavy atom. The van der Waals surface area contributed by atoms with Gasteiger partial charge in [-0.1, -0.05) is 48.3 Å².